The van der Waals surface area contributed by atoms with Crippen molar-refractivity contribution >= 4 is 23.5 Å². The molecule has 138 valence electrons. The molecule has 0 spiro atoms. The minimum atomic E-state index is -1.04. The number of hydrogen-bond acceptors (Lipinski definition) is 4. The number of amides is 2. The molecule has 0 aliphatic rings. The standard InChI is InChI=1S/C19H23N3O4/c1-2-3-6-13-22(19(25)21-17-7-4-5-12-20-17)15-8-10-16(11-9-15)26-14-18(23)24/h4-5,7-12H,2-3,6,13-14H2,1H3,(H,23,24)(H,20,21,25). The molecule has 1 aromatic carbocycles. The van der Waals surface area contributed by atoms with Gasteiger partial charge < -0.3 is 9.84 Å². The molecule has 0 saturated heterocycles. The number of carbonyl (C=O) groups is 2. The Labute approximate surface area is 152 Å². The number of carboxylic acid groups (broad SMARTS) is 1. The van der Waals surface area contributed by atoms with Gasteiger partial charge in [0.05, 0.1) is 0 Å². The summed E-state index contributed by atoms with van der Waals surface area (Å²) in [6.45, 7) is 2.27. The Kier molecular flexibility index (Phi) is 7.42. The molecule has 26 heavy (non-hydrogen) atoms. The van der Waals surface area contributed by atoms with E-state index in [9.17, 15) is 9.59 Å². The van der Waals surface area contributed by atoms with Crippen molar-refractivity contribution in [3.8, 4) is 5.75 Å². The summed E-state index contributed by atoms with van der Waals surface area (Å²) in [5, 5.41) is 11.4. The molecule has 0 bridgehead atoms. The predicted molar refractivity (Wildman–Crippen MR) is 99.7 cm³/mol. The highest BCUT2D eigenvalue weighted by molar-refractivity contribution is 6.01. The maximum Gasteiger partial charge on any atom is 0.341 e. The molecule has 2 N–H and O–H groups in total. The van der Waals surface area contributed by atoms with Crippen LogP contribution < -0.4 is 15.0 Å². The Balaban J connectivity index is 2.09. The third kappa shape index (κ3) is 6.08. The van der Waals surface area contributed by atoms with Crippen molar-refractivity contribution in [3.05, 3.63) is 48.7 Å². The first-order valence-corrected chi connectivity index (χ1v) is 8.54. The average Bonchev–Trinajstić information content (AvgIpc) is 2.65. The first-order valence-electron chi connectivity index (χ1n) is 8.54. The highest BCUT2D eigenvalue weighted by Gasteiger charge is 2.16. The Morgan fingerprint density at radius 1 is 1.15 bits per heavy atom. The lowest BCUT2D eigenvalue weighted by molar-refractivity contribution is -0.139. The van der Waals surface area contributed by atoms with Crippen LogP contribution in [-0.4, -0.2) is 35.2 Å². The van der Waals surface area contributed by atoms with Gasteiger partial charge in [0, 0.05) is 18.4 Å². The Morgan fingerprint density at radius 3 is 2.54 bits per heavy atom. The maximum atomic E-state index is 12.7. The molecule has 0 unspecified atom stereocenters. The summed E-state index contributed by atoms with van der Waals surface area (Å²) in [4.78, 5) is 29.0. The van der Waals surface area contributed by atoms with Gasteiger partial charge in [-0.2, -0.15) is 0 Å². The van der Waals surface area contributed by atoms with Crippen molar-refractivity contribution in [2.45, 2.75) is 26.2 Å². The molecule has 2 rings (SSSR count). The summed E-state index contributed by atoms with van der Waals surface area (Å²) in [5.74, 6) is -0.112. The van der Waals surface area contributed by atoms with Crippen LogP contribution in [0.3, 0.4) is 0 Å². The number of aromatic nitrogens is 1. The number of aliphatic carboxylic acids is 1. The Hall–Kier alpha value is -3.09. The van der Waals surface area contributed by atoms with Crippen molar-refractivity contribution in [1.82, 2.24) is 4.98 Å². The summed E-state index contributed by atoms with van der Waals surface area (Å²) in [7, 11) is 0. The molecule has 0 radical (unpaired) electrons. The summed E-state index contributed by atoms with van der Waals surface area (Å²) < 4.78 is 5.13. The Morgan fingerprint density at radius 2 is 1.92 bits per heavy atom. The topological polar surface area (TPSA) is 91.8 Å². The van der Waals surface area contributed by atoms with E-state index in [0.29, 0.717) is 23.8 Å². The van der Waals surface area contributed by atoms with Crippen molar-refractivity contribution in [2.24, 2.45) is 0 Å². The fraction of sp³-hybridized carbons (Fsp3) is 0.316. The van der Waals surface area contributed by atoms with Gasteiger partial charge in [0.2, 0.25) is 0 Å². The van der Waals surface area contributed by atoms with Crippen molar-refractivity contribution in [2.75, 3.05) is 23.4 Å². The van der Waals surface area contributed by atoms with E-state index in [1.54, 1.807) is 53.6 Å². The molecular formula is C19H23N3O4. The largest absolute Gasteiger partial charge is 0.482 e. The third-order valence-electron chi connectivity index (χ3n) is 3.64. The van der Waals surface area contributed by atoms with Crippen LogP contribution >= 0.6 is 0 Å². The number of nitrogens with zero attached hydrogens (tertiary/aromatic N) is 2. The molecular weight excluding hydrogens is 334 g/mol. The molecule has 0 atom stereocenters. The summed E-state index contributed by atoms with van der Waals surface area (Å²) >= 11 is 0. The van der Waals surface area contributed by atoms with E-state index in [-0.39, 0.29) is 6.03 Å². The molecule has 0 aliphatic carbocycles. The summed E-state index contributed by atoms with van der Waals surface area (Å²) in [5.41, 5.74) is 0.706. The number of hydrogen-bond donors (Lipinski definition) is 2. The lowest BCUT2D eigenvalue weighted by atomic mass is 10.2. The van der Waals surface area contributed by atoms with Gasteiger partial charge in [-0.05, 0) is 42.8 Å². The number of ether oxygens (including phenoxy) is 1. The van der Waals surface area contributed by atoms with Crippen LogP contribution in [0.5, 0.6) is 5.75 Å². The molecule has 7 heteroatoms. The third-order valence-corrected chi connectivity index (χ3v) is 3.64. The minimum Gasteiger partial charge on any atom is -0.482 e. The van der Waals surface area contributed by atoms with Crippen LogP contribution in [0.15, 0.2) is 48.7 Å². The normalized spacial score (nSPS) is 10.2. The van der Waals surface area contributed by atoms with Gasteiger partial charge in [0.15, 0.2) is 6.61 Å². The maximum absolute atomic E-state index is 12.7. The average molecular weight is 357 g/mol. The number of benzene rings is 1. The van der Waals surface area contributed by atoms with Gasteiger partial charge in [0.1, 0.15) is 11.6 Å². The van der Waals surface area contributed by atoms with E-state index >= 15 is 0 Å². The molecule has 0 fully saturated rings. The molecule has 0 saturated carbocycles. The minimum absolute atomic E-state index is 0.265. The molecule has 2 amide bonds. The van der Waals surface area contributed by atoms with Crippen LogP contribution in [0.4, 0.5) is 16.3 Å². The van der Waals surface area contributed by atoms with Crippen molar-refractivity contribution in [1.29, 1.82) is 0 Å². The SMILES string of the molecule is CCCCCN(C(=O)Nc1ccccn1)c1ccc(OCC(=O)O)cc1. The number of pyridine rings is 1. The van der Waals surface area contributed by atoms with Gasteiger partial charge in [-0.3, -0.25) is 10.2 Å². The van der Waals surface area contributed by atoms with Crippen LogP contribution in [0, 0.1) is 0 Å². The van der Waals surface area contributed by atoms with Crippen LogP contribution in [0.25, 0.3) is 0 Å². The van der Waals surface area contributed by atoms with Crippen molar-refractivity contribution < 1.29 is 19.4 Å². The first kappa shape index (κ1) is 19.2. The molecule has 1 aromatic heterocycles. The van der Waals surface area contributed by atoms with Gasteiger partial charge >= 0.3 is 12.0 Å². The van der Waals surface area contributed by atoms with E-state index in [2.05, 4.69) is 17.2 Å². The van der Waals surface area contributed by atoms with Gasteiger partial charge in [-0.25, -0.2) is 14.6 Å². The first-order chi connectivity index (χ1) is 12.6. The summed E-state index contributed by atoms with van der Waals surface area (Å²) in [6, 6.07) is 11.8. The summed E-state index contributed by atoms with van der Waals surface area (Å²) in [6.07, 6.45) is 4.57. The molecule has 0 aliphatic heterocycles. The second-order valence-corrected chi connectivity index (χ2v) is 5.68. The van der Waals surface area contributed by atoms with Crippen molar-refractivity contribution in [3.63, 3.8) is 0 Å². The molecule has 7 nitrogen and oxygen atoms in total. The number of rotatable bonds is 9. The highest BCUT2D eigenvalue weighted by atomic mass is 16.5. The van der Waals surface area contributed by atoms with Crippen LogP contribution in [0.1, 0.15) is 26.2 Å². The number of carboxylic acids is 1. The zero-order valence-corrected chi connectivity index (χ0v) is 14.7. The second kappa shape index (κ2) is 10.0. The molecule has 2 aromatic rings. The van der Waals surface area contributed by atoms with E-state index < -0.39 is 12.6 Å². The van der Waals surface area contributed by atoms with Crippen LogP contribution in [0.2, 0.25) is 0 Å². The number of urea groups is 1. The van der Waals surface area contributed by atoms with E-state index in [1.165, 1.54) is 0 Å². The fourth-order valence-corrected chi connectivity index (χ4v) is 2.35. The second-order valence-electron chi connectivity index (χ2n) is 5.68. The molecule has 1 heterocycles. The highest BCUT2D eigenvalue weighted by Crippen LogP contribution is 2.21. The number of nitrogens with one attached hydrogen (secondary N) is 1. The predicted octanol–water partition coefficient (Wildman–Crippen LogP) is 3.77. The number of carbonyl (C=O) groups excluding carboxylic acids is 1. The van der Waals surface area contributed by atoms with Crippen LogP contribution in [-0.2, 0) is 4.79 Å². The monoisotopic (exact) mass is 357 g/mol. The zero-order valence-electron chi connectivity index (χ0n) is 14.7. The number of unbranched alkanes of at least 4 members (excludes halogenated alkanes) is 2. The Bertz CT molecular complexity index is 704. The van der Waals surface area contributed by atoms with Gasteiger partial charge in [-0.1, -0.05) is 25.8 Å². The number of anilines is 2. The smallest absolute Gasteiger partial charge is 0.341 e. The van der Waals surface area contributed by atoms with Gasteiger partial charge in [0.25, 0.3) is 0 Å². The fourth-order valence-electron chi connectivity index (χ4n) is 2.35. The quantitative estimate of drug-likeness (QED) is 0.667. The van der Waals surface area contributed by atoms with E-state index in [0.717, 1.165) is 19.3 Å². The van der Waals surface area contributed by atoms with Gasteiger partial charge in [-0.15, -0.1) is 0 Å². The van der Waals surface area contributed by atoms with E-state index in [4.69, 9.17) is 9.84 Å². The van der Waals surface area contributed by atoms with E-state index in [1.807, 2.05) is 0 Å². The zero-order chi connectivity index (χ0) is 18.8. The lowest BCUT2D eigenvalue weighted by Gasteiger charge is -2.23. The lowest BCUT2D eigenvalue weighted by Crippen LogP contribution is -2.36.